The smallest absolute Gasteiger partial charge is 0.318 e. The second-order valence-corrected chi connectivity index (χ2v) is 15.9. The van der Waals surface area contributed by atoms with Crippen LogP contribution in [0.15, 0.2) is 71.6 Å². The SMILES string of the molecule is CCOc1ccccc1[C@@]1(NC(=O)N2CC3(C2)CN(C2CCN(C(C)C)CC2)C3)C(=O)N(S(=O)(=O)c2ccc(F)cc2)c2ccc(C#N)cc21. The third-order valence-electron chi connectivity index (χ3n) is 10.7. The fourth-order valence-corrected chi connectivity index (χ4v) is 9.57. The highest BCUT2D eigenvalue weighted by molar-refractivity contribution is 7.93. The zero-order chi connectivity index (χ0) is 35.4. The Hall–Kier alpha value is -4.51. The number of rotatable bonds is 8. The topological polar surface area (TPSA) is 126 Å². The van der Waals surface area contributed by atoms with Crippen molar-refractivity contribution in [3.8, 4) is 11.8 Å². The number of hydrogen-bond donors (Lipinski definition) is 1. The van der Waals surface area contributed by atoms with Crippen LogP contribution in [0, 0.1) is 22.6 Å². The summed E-state index contributed by atoms with van der Waals surface area (Å²) >= 11 is 0. The molecule has 1 spiro atoms. The fraction of sp³-hybridized carbons (Fsp3) is 0.432. The lowest BCUT2D eigenvalue weighted by molar-refractivity contribution is -0.124. The Labute approximate surface area is 292 Å². The molecule has 262 valence electrons. The quantitative estimate of drug-likeness (QED) is 0.370. The molecule has 3 aromatic carbocycles. The summed E-state index contributed by atoms with van der Waals surface area (Å²) in [5, 5.41) is 12.8. The van der Waals surface area contributed by atoms with Crippen molar-refractivity contribution in [1.29, 1.82) is 5.26 Å². The van der Waals surface area contributed by atoms with E-state index in [1.54, 1.807) is 36.1 Å². The molecule has 7 rings (SSSR count). The molecule has 0 aromatic heterocycles. The molecule has 3 saturated heterocycles. The van der Waals surface area contributed by atoms with Crippen molar-refractivity contribution >= 4 is 27.6 Å². The van der Waals surface area contributed by atoms with Gasteiger partial charge in [-0.15, -0.1) is 0 Å². The van der Waals surface area contributed by atoms with Gasteiger partial charge in [-0.05, 0) is 95.2 Å². The molecule has 11 nitrogen and oxygen atoms in total. The number of nitrogens with zero attached hydrogens (tertiary/aromatic N) is 5. The number of sulfonamides is 1. The molecular weight excluding hydrogens is 660 g/mol. The van der Waals surface area contributed by atoms with Crippen molar-refractivity contribution in [2.24, 2.45) is 5.41 Å². The first-order valence-corrected chi connectivity index (χ1v) is 18.5. The Kier molecular flexibility index (Phi) is 8.61. The van der Waals surface area contributed by atoms with Crippen molar-refractivity contribution < 1.29 is 27.1 Å². The number of carbonyl (C=O) groups is 2. The summed E-state index contributed by atoms with van der Waals surface area (Å²) in [5.41, 5.74) is -1.61. The average molecular weight is 701 g/mol. The van der Waals surface area contributed by atoms with E-state index in [2.05, 4.69) is 35.0 Å². The monoisotopic (exact) mass is 700 g/mol. The summed E-state index contributed by atoms with van der Waals surface area (Å²) in [5.74, 6) is -1.33. The molecule has 4 aliphatic heterocycles. The number of para-hydroxylation sites is 1. The maximum absolute atomic E-state index is 15.0. The Morgan fingerprint density at radius 1 is 1.02 bits per heavy atom. The van der Waals surface area contributed by atoms with Crippen LogP contribution < -0.4 is 14.4 Å². The van der Waals surface area contributed by atoms with Crippen LogP contribution >= 0.6 is 0 Å². The molecule has 0 bridgehead atoms. The van der Waals surface area contributed by atoms with Crippen molar-refractivity contribution in [2.75, 3.05) is 50.2 Å². The number of ether oxygens (including phenoxy) is 1. The first-order valence-electron chi connectivity index (χ1n) is 17.1. The van der Waals surface area contributed by atoms with Crippen LogP contribution in [0.3, 0.4) is 0 Å². The summed E-state index contributed by atoms with van der Waals surface area (Å²) in [6, 6.07) is 17.7. The first-order chi connectivity index (χ1) is 23.9. The van der Waals surface area contributed by atoms with Gasteiger partial charge in [0, 0.05) is 54.8 Å². The van der Waals surface area contributed by atoms with Crippen molar-refractivity contribution in [2.45, 2.75) is 56.1 Å². The standard InChI is InChI=1S/C37H41FN6O5S/c1-4-49-33-8-6-5-7-30(33)37(40-35(46)43-23-36(24-43)21-42(22-36)28-15-17-41(18-16-28)25(2)3)31-19-26(20-39)9-14-32(31)44(34(37)45)50(47,48)29-12-10-27(38)11-13-29/h5-14,19,25,28H,4,15-18,21-24H2,1-3H3,(H,40,46)/t37-/m0/s1. The molecule has 0 aliphatic carbocycles. The van der Waals surface area contributed by atoms with E-state index in [0.29, 0.717) is 29.5 Å². The van der Waals surface area contributed by atoms with Crippen molar-refractivity contribution in [1.82, 2.24) is 20.0 Å². The molecule has 4 aliphatic rings. The predicted molar refractivity (Wildman–Crippen MR) is 184 cm³/mol. The number of benzene rings is 3. The summed E-state index contributed by atoms with van der Waals surface area (Å²) < 4.78 is 48.8. The highest BCUT2D eigenvalue weighted by Crippen LogP contribution is 2.50. The summed E-state index contributed by atoms with van der Waals surface area (Å²) in [6.07, 6.45) is 2.26. The van der Waals surface area contributed by atoms with Gasteiger partial charge in [0.15, 0.2) is 5.54 Å². The number of likely N-dealkylation sites (tertiary alicyclic amines) is 3. The highest BCUT2D eigenvalue weighted by Gasteiger charge is 2.60. The third-order valence-corrected chi connectivity index (χ3v) is 12.4. The van der Waals surface area contributed by atoms with Crippen molar-refractivity contribution in [3.63, 3.8) is 0 Å². The van der Waals surface area contributed by atoms with E-state index < -0.39 is 33.3 Å². The van der Waals surface area contributed by atoms with Crippen LogP contribution in [-0.4, -0.2) is 93.0 Å². The lowest BCUT2D eigenvalue weighted by atomic mass is 9.71. The number of piperidine rings is 1. The van der Waals surface area contributed by atoms with Gasteiger partial charge in [0.2, 0.25) is 0 Å². The van der Waals surface area contributed by atoms with Gasteiger partial charge in [0.1, 0.15) is 11.6 Å². The zero-order valence-corrected chi connectivity index (χ0v) is 29.2. The molecular formula is C37H41FN6O5S. The van der Waals surface area contributed by atoms with Crippen LogP contribution in [0.25, 0.3) is 0 Å². The normalized spacial score (nSPS) is 22.2. The summed E-state index contributed by atoms with van der Waals surface area (Å²) in [4.78, 5) is 35.6. The second kappa shape index (κ2) is 12.7. The maximum atomic E-state index is 15.0. The summed E-state index contributed by atoms with van der Waals surface area (Å²) in [6.45, 7) is 11.5. The molecule has 3 aromatic rings. The van der Waals surface area contributed by atoms with E-state index in [0.717, 1.165) is 63.3 Å². The van der Waals surface area contributed by atoms with E-state index >= 15 is 0 Å². The zero-order valence-electron chi connectivity index (χ0n) is 28.4. The lowest BCUT2D eigenvalue weighted by Crippen LogP contribution is -2.76. The molecule has 0 radical (unpaired) electrons. The van der Waals surface area contributed by atoms with Crippen LogP contribution in [0.1, 0.15) is 50.3 Å². The Morgan fingerprint density at radius 2 is 1.70 bits per heavy atom. The molecule has 0 unspecified atom stereocenters. The molecule has 1 N–H and O–H groups in total. The number of anilines is 1. The van der Waals surface area contributed by atoms with E-state index in [-0.39, 0.29) is 45.0 Å². The number of carbonyl (C=O) groups excluding carboxylic acids is 2. The molecule has 1 atom stereocenters. The Bertz CT molecular complexity index is 1960. The van der Waals surface area contributed by atoms with Gasteiger partial charge >= 0.3 is 6.03 Å². The Morgan fingerprint density at radius 3 is 2.34 bits per heavy atom. The minimum absolute atomic E-state index is 0.0214. The average Bonchev–Trinajstić information content (AvgIpc) is 3.31. The molecule has 0 saturated carbocycles. The number of amides is 3. The number of fused-ring (bicyclic) bond motifs is 1. The van der Waals surface area contributed by atoms with Gasteiger partial charge in [-0.1, -0.05) is 18.2 Å². The highest BCUT2D eigenvalue weighted by atomic mass is 32.2. The minimum atomic E-state index is -4.61. The van der Waals surface area contributed by atoms with Crippen LogP contribution in [0.2, 0.25) is 0 Å². The van der Waals surface area contributed by atoms with Gasteiger partial charge in [-0.2, -0.15) is 9.57 Å². The molecule has 50 heavy (non-hydrogen) atoms. The third kappa shape index (κ3) is 5.50. The summed E-state index contributed by atoms with van der Waals surface area (Å²) in [7, 11) is -4.61. The molecule has 13 heteroatoms. The van der Waals surface area contributed by atoms with E-state index in [1.807, 2.05) is 0 Å². The molecule has 3 fully saturated rings. The lowest BCUT2D eigenvalue weighted by Gasteiger charge is -2.62. The van der Waals surface area contributed by atoms with Crippen LogP contribution in [0.4, 0.5) is 14.9 Å². The van der Waals surface area contributed by atoms with E-state index in [4.69, 9.17) is 4.74 Å². The van der Waals surface area contributed by atoms with Gasteiger partial charge in [-0.3, -0.25) is 9.69 Å². The van der Waals surface area contributed by atoms with E-state index in [9.17, 15) is 27.7 Å². The van der Waals surface area contributed by atoms with Gasteiger partial charge < -0.3 is 19.9 Å². The number of nitrogens with one attached hydrogen (secondary N) is 1. The first kappa shape index (κ1) is 34.0. The van der Waals surface area contributed by atoms with Gasteiger partial charge in [0.05, 0.1) is 28.8 Å². The molecule has 3 amide bonds. The van der Waals surface area contributed by atoms with Crippen LogP contribution in [0.5, 0.6) is 5.75 Å². The molecule has 4 heterocycles. The number of halogens is 1. The van der Waals surface area contributed by atoms with Crippen molar-refractivity contribution in [3.05, 3.63) is 89.2 Å². The number of hydrogen-bond acceptors (Lipinski definition) is 8. The number of nitriles is 1. The Balaban J connectivity index is 1.21. The second-order valence-electron chi connectivity index (χ2n) is 14.1. The van der Waals surface area contributed by atoms with Crippen LogP contribution in [-0.2, 0) is 20.4 Å². The van der Waals surface area contributed by atoms with Gasteiger partial charge in [-0.25, -0.2) is 17.6 Å². The maximum Gasteiger partial charge on any atom is 0.318 e. The van der Waals surface area contributed by atoms with E-state index in [1.165, 1.54) is 18.2 Å². The van der Waals surface area contributed by atoms with Gasteiger partial charge in [0.25, 0.3) is 15.9 Å². The number of urea groups is 1. The fourth-order valence-electron chi connectivity index (χ4n) is 8.10. The predicted octanol–water partition coefficient (Wildman–Crippen LogP) is 4.28. The largest absolute Gasteiger partial charge is 0.493 e. The minimum Gasteiger partial charge on any atom is -0.493 e.